The van der Waals surface area contributed by atoms with Gasteiger partial charge in [0.1, 0.15) is 0 Å². The number of ketones is 1. The molecule has 7 nitrogen and oxygen atoms in total. The van der Waals surface area contributed by atoms with Crippen LogP contribution in [-0.2, 0) is 4.79 Å². The predicted octanol–water partition coefficient (Wildman–Crippen LogP) is 2.93. The predicted molar refractivity (Wildman–Crippen MR) is 116 cm³/mol. The molecule has 2 heterocycles. The normalized spacial score (nSPS) is 13.8. The fraction of sp³-hybridized carbons (Fsp3) is 0.250. The third-order valence-electron chi connectivity index (χ3n) is 5.73. The minimum Gasteiger partial charge on any atom is -0.335 e. The van der Waals surface area contributed by atoms with Crippen LogP contribution in [0, 0.1) is 25.5 Å². The molecule has 1 fully saturated rings. The van der Waals surface area contributed by atoms with Crippen molar-refractivity contribution < 1.29 is 23.2 Å². The van der Waals surface area contributed by atoms with E-state index in [4.69, 9.17) is 0 Å². The molecule has 9 heteroatoms. The van der Waals surface area contributed by atoms with E-state index in [1.165, 1.54) is 15.9 Å². The highest BCUT2D eigenvalue weighted by molar-refractivity contribution is 6.43. The molecule has 0 N–H and O–H groups in total. The Morgan fingerprint density at radius 3 is 2.12 bits per heavy atom. The molecule has 1 aromatic heterocycles. The van der Waals surface area contributed by atoms with Crippen LogP contribution in [-0.4, -0.2) is 63.4 Å². The molecule has 1 aliphatic heterocycles. The van der Waals surface area contributed by atoms with Crippen molar-refractivity contribution in [2.24, 2.45) is 0 Å². The zero-order valence-corrected chi connectivity index (χ0v) is 18.2. The van der Waals surface area contributed by atoms with Crippen LogP contribution >= 0.6 is 0 Å². The highest BCUT2D eigenvalue weighted by atomic mass is 19.2. The Morgan fingerprint density at radius 1 is 0.848 bits per heavy atom. The average Bonchev–Trinajstić information content (AvgIpc) is 3.13. The molecule has 0 unspecified atom stereocenters. The number of piperazine rings is 1. The number of para-hydroxylation sites is 1. The van der Waals surface area contributed by atoms with E-state index < -0.39 is 29.2 Å². The van der Waals surface area contributed by atoms with Gasteiger partial charge in [-0.05, 0) is 44.2 Å². The van der Waals surface area contributed by atoms with Gasteiger partial charge in [0.05, 0.1) is 22.6 Å². The van der Waals surface area contributed by atoms with Gasteiger partial charge in [0, 0.05) is 31.7 Å². The highest BCUT2D eigenvalue weighted by Crippen LogP contribution is 2.20. The summed E-state index contributed by atoms with van der Waals surface area (Å²) in [4.78, 5) is 41.4. The zero-order valence-electron chi connectivity index (χ0n) is 18.2. The van der Waals surface area contributed by atoms with E-state index in [1.54, 1.807) is 18.5 Å². The Balaban J connectivity index is 1.45. The number of nitrogens with zero attached hydrogens (tertiary/aromatic N) is 4. The summed E-state index contributed by atoms with van der Waals surface area (Å²) in [7, 11) is 0. The number of hydrogen-bond donors (Lipinski definition) is 0. The van der Waals surface area contributed by atoms with E-state index in [0.717, 1.165) is 17.8 Å². The summed E-state index contributed by atoms with van der Waals surface area (Å²) in [6, 6.07) is 12.3. The summed E-state index contributed by atoms with van der Waals surface area (Å²) in [5, 5.41) is 4.43. The number of halogens is 2. The molecule has 0 spiro atoms. The lowest BCUT2D eigenvalue weighted by Crippen LogP contribution is -2.52. The van der Waals surface area contributed by atoms with E-state index in [-0.39, 0.29) is 37.3 Å². The van der Waals surface area contributed by atoms with Gasteiger partial charge in [-0.1, -0.05) is 18.2 Å². The first-order chi connectivity index (χ1) is 15.8. The summed E-state index contributed by atoms with van der Waals surface area (Å²) < 4.78 is 28.2. The topological polar surface area (TPSA) is 75.5 Å². The molecule has 2 aromatic carbocycles. The van der Waals surface area contributed by atoms with Gasteiger partial charge in [0.25, 0.3) is 17.6 Å². The Morgan fingerprint density at radius 2 is 1.48 bits per heavy atom. The minimum atomic E-state index is -1.10. The van der Waals surface area contributed by atoms with Crippen molar-refractivity contribution >= 4 is 17.6 Å². The van der Waals surface area contributed by atoms with Gasteiger partial charge >= 0.3 is 0 Å². The summed E-state index contributed by atoms with van der Waals surface area (Å²) in [5.74, 6) is -3.88. The summed E-state index contributed by atoms with van der Waals surface area (Å²) in [6.45, 7) is 4.10. The van der Waals surface area contributed by atoms with Crippen molar-refractivity contribution in [1.82, 2.24) is 19.6 Å². The largest absolute Gasteiger partial charge is 0.335 e. The van der Waals surface area contributed by atoms with Gasteiger partial charge in [0.15, 0.2) is 11.6 Å². The molecule has 4 rings (SSSR count). The first-order valence-corrected chi connectivity index (χ1v) is 10.5. The summed E-state index contributed by atoms with van der Waals surface area (Å²) in [6.07, 6.45) is 0. The number of amides is 2. The second-order valence-electron chi connectivity index (χ2n) is 7.84. The molecular formula is C24H22F2N4O3. The van der Waals surface area contributed by atoms with Gasteiger partial charge in [0.2, 0.25) is 0 Å². The molecular weight excluding hydrogens is 430 g/mol. The van der Waals surface area contributed by atoms with Crippen LogP contribution in [0.2, 0.25) is 0 Å². The van der Waals surface area contributed by atoms with Crippen LogP contribution in [0.1, 0.15) is 32.1 Å². The van der Waals surface area contributed by atoms with Crippen molar-refractivity contribution in [3.05, 3.63) is 82.7 Å². The quantitative estimate of drug-likeness (QED) is 0.451. The number of carbonyl (C=O) groups excluding carboxylic acids is 3. The Hall–Kier alpha value is -3.88. The number of Topliss-reactive ketones (excluding diaryl/α,β-unsaturated/α-hetero) is 1. The number of aromatic nitrogens is 2. The lowest BCUT2D eigenvalue weighted by molar-refractivity contribution is -0.127. The SMILES string of the molecule is Cc1nn(-c2ccccc2)c(C)c1C(=O)C(=O)N1CCN(C(=O)c2ccc(F)c(F)c2)CC1. The smallest absolute Gasteiger partial charge is 0.295 e. The highest BCUT2D eigenvalue weighted by Gasteiger charge is 2.32. The monoisotopic (exact) mass is 452 g/mol. The molecule has 3 aromatic rings. The second-order valence-corrected chi connectivity index (χ2v) is 7.84. The van der Waals surface area contributed by atoms with Gasteiger partial charge in [-0.2, -0.15) is 5.10 Å². The number of rotatable bonds is 4. The van der Waals surface area contributed by atoms with Crippen molar-refractivity contribution in [2.45, 2.75) is 13.8 Å². The third-order valence-corrected chi connectivity index (χ3v) is 5.73. The fourth-order valence-corrected chi connectivity index (χ4v) is 3.97. The molecule has 0 radical (unpaired) electrons. The second kappa shape index (κ2) is 8.93. The Bertz CT molecular complexity index is 1230. The maximum atomic E-state index is 13.5. The zero-order chi connectivity index (χ0) is 23.7. The van der Waals surface area contributed by atoms with Crippen molar-refractivity contribution in [3.8, 4) is 5.69 Å². The standard InChI is InChI=1S/C24H22F2N4O3/c1-15-21(16(2)30(27-15)18-6-4-3-5-7-18)22(31)24(33)29-12-10-28(11-13-29)23(32)17-8-9-19(25)20(26)14-17/h3-9,14H,10-13H2,1-2H3. The number of carbonyl (C=O) groups is 3. The minimum absolute atomic E-state index is 0.0318. The fourth-order valence-electron chi connectivity index (χ4n) is 3.97. The van der Waals surface area contributed by atoms with Crippen molar-refractivity contribution in [1.29, 1.82) is 0 Å². The summed E-state index contributed by atoms with van der Waals surface area (Å²) >= 11 is 0. The van der Waals surface area contributed by atoms with Crippen molar-refractivity contribution in [2.75, 3.05) is 26.2 Å². The Kier molecular flexibility index (Phi) is 6.04. The van der Waals surface area contributed by atoms with E-state index >= 15 is 0 Å². The number of aryl methyl sites for hydroxylation is 1. The average molecular weight is 452 g/mol. The molecule has 2 amide bonds. The summed E-state index contributed by atoms with van der Waals surface area (Å²) in [5.41, 5.74) is 2.12. The molecule has 1 aliphatic rings. The molecule has 0 aliphatic carbocycles. The van der Waals surface area contributed by atoms with Crippen LogP contribution < -0.4 is 0 Å². The number of hydrogen-bond acceptors (Lipinski definition) is 4. The molecule has 0 atom stereocenters. The lowest BCUT2D eigenvalue weighted by atomic mass is 10.1. The maximum absolute atomic E-state index is 13.5. The molecule has 0 bridgehead atoms. The molecule has 0 saturated carbocycles. The van der Waals surface area contributed by atoms with Gasteiger partial charge < -0.3 is 9.80 Å². The molecule has 33 heavy (non-hydrogen) atoms. The van der Waals surface area contributed by atoms with Gasteiger partial charge in [-0.15, -0.1) is 0 Å². The van der Waals surface area contributed by atoms with Crippen LogP contribution in [0.15, 0.2) is 48.5 Å². The first kappa shape index (κ1) is 22.3. The molecule has 1 saturated heterocycles. The van der Waals surface area contributed by atoms with Crippen LogP contribution in [0.5, 0.6) is 0 Å². The Labute approximate surface area is 189 Å². The van der Waals surface area contributed by atoms with Crippen molar-refractivity contribution in [3.63, 3.8) is 0 Å². The van der Waals surface area contributed by atoms with E-state index in [2.05, 4.69) is 5.10 Å². The van der Waals surface area contributed by atoms with Crippen LogP contribution in [0.4, 0.5) is 8.78 Å². The lowest BCUT2D eigenvalue weighted by Gasteiger charge is -2.34. The third kappa shape index (κ3) is 4.26. The van der Waals surface area contributed by atoms with Gasteiger partial charge in [-0.3, -0.25) is 14.4 Å². The van der Waals surface area contributed by atoms with Crippen LogP contribution in [0.25, 0.3) is 5.69 Å². The molecule has 170 valence electrons. The van der Waals surface area contributed by atoms with E-state index in [9.17, 15) is 23.2 Å². The van der Waals surface area contributed by atoms with Crippen LogP contribution in [0.3, 0.4) is 0 Å². The maximum Gasteiger partial charge on any atom is 0.295 e. The van der Waals surface area contributed by atoms with E-state index in [0.29, 0.717) is 11.4 Å². The van der Waals surface area contributed by atoms with Gasteiger partial charge in [-0.25, -0.2) is 13.5 Å². The first-order valence-electron chi connectivity index (χ1n) is 10.5. The van der Waals surface area contributed by atoms with E-state index in [1.807, 2.05) is 30.3 Å². The number of benzene rings is 2.